The number of rotatable bonds is 5. The summed E-state index contributed by atoms with van der Waals surface area (Å²) in [5.74, 6) is -0.199. The van der Waals surface area contributed by atoms with Crippen LogP contribution >= 0.6 is 11.3 Å². The summed E-state index contributed by atoms with van der Waals surface area (Å²) in [7, 11) is 0. The lowest BCUT2D eigenvalue weighted by atomic mass is 10.1. The molecule has 0 saturated carbocycles. The Balaban J connectivity index is 1.29. The highest BCUT2D eigenvalue weighted by atomic mass is 32.1. The normalized spacial score (nSPS) is 15.2. The molecular weight excluding hydrogens is 397 g/mol. The molecule has 0 saturated heterocycles. The Hall–Kier alpha value is -3.13. The SMILES string of the molecule is Cc1c(C(=O)OCC(=O)NC[C@H]2COc3ccccc3O2)sc2cccc(F)c12. The predicted octanol–water partition coefficient (Wildman–Crippen LogP) is 3.46. The molecule has 1 aromatic heterocycles. The summed E-state index contributed by atoms with van der Waals surface area (Å²) in [5.41, 5.74) is 0.514. The number of hydrogen-bond acceptors (Lipinski definition) is 6. The van der Waals surface area contributed by atoms with Crippen LogP contribution in [0.2, 0.25) is 0 Å². The number of benzene rings is 2. The average molecular weight is 415 g/mol. The Labute approximate surface area is 170 Å². The van der Waals surface area contributed by atoms with Crippen LogP contribution in [-0.2, 0) is 9.53 Å². The second kappa shape index (κ2) is 8.08. The molecule has 2 aromatic carbocycles. The van der Waals surface area contributed by atoms with Gasteiger partial charge in [0.2, 0.25) is 0 Å². The van der Waals surface area contributed by atoms with E-state index in [-0.39, 0.29) is 18.5 Å². The van der Waals surface area contributed by atoms with Crippen LogP contribution in [0.1, 0.15) is 15.2 Å². The Kier molecular flexibility index (Phi) is 5.35. The monoisotopic (exact) mass is 415 g/mol. The van der Waals surface area contributed by atoms with Crippen LogP contribution in [0.5, 0.6) is 11.5 Å². The molecule has 0 aliphatic carbocycles. The summed E-state index contributed by atoms with van der Waals surface area (Å²) >= 11 is 1.14. The number of esters is 1. The first-order valence-electron chi connectivity index (χ1n) is 9.03. The first kappa shape index (κ1) is 19.2. The highest BCUT2D eigenvalue weighted by Crippen LogP contribution is 2.33. The van der Waals surface area contributed by atoms with Gasteiger partial charge in [-0.3, -0.25) is 4.79 Å². The lowest BCUT2D eigenvalue weighted by molar-refractivity contribution is -0.124. The maximum atomic E-state index is 14.0. The van der Waals surface area contributed by atoms with Gasteiger partial charge in [-0.05, 0) is 36.8 Å². The van der Waals surface area contributed by atoms with E-state index in [1.54, 1.807) is 25.1 Å². The fraction of sp³-hybridized carbons (Fsp3) is 0.238. The molecule has 0 unspecified atom stereocenters. The maximum absolute atomic E-state index is 14.0. The van der Waals surface area contributed by atoms with Gasteiger partial charge in [0.25, 0.3) is 5.91 Å². The zero-order valence-corrected chi connectivity index (χ0v) is 16.4. The van der Waals surface area contributed by atoms with Gasteiger partial charge in [0.15, 0.2) is 18.1 Å². The number of carbonyl (C=O) groups is 2. The molecule has 1 amide bonds. The van der Waals surface area contributed by atoms with Gasteiger partial charge in [0.05, 0.1) is 6.54 Å². The molecule has 3 aromatic rings. The molecule has 0 fully saturated rings. The highest BCUT2D eigenvalue weighted by molar-refractivity contribution is 7.21. The predicted molar refractivity (Wildman–Crippen MR) is 106 cm³/mol. The Morgan fingerprint density at radius 3 is 2.79 bits per heavy atom. The minimum Gasteiger partial charge on any atom is -0.486 e. The van der Waals surface area contributed by atoms with E-state index in [4.69, 9.17) is 14.2 Å². The van der Waals surface area contributed by atoms with Crippen LogP contribution < -0.4 is 14.8 Å². The van der Waals surface area contributed by atoms with Gasteiger partial charge in [-0.2, -0.15) is 0 Å². The van der Waals surface area contributed by atoms with Crippen molar-refractivity contribution in [3.05, 3.63) is 58.7 Å². The van der Waals surface area contributed by atoms with Crippen molar-refractivity contribution in [2.45, 2.75) is 13.0 Å². The van der Waals surface area contributed by atoms with Crippen molar-refractivity contribution in [1.82, 2.24) is 5.32 Å². The van der Waals surface area contributed by atoms with Gasteiger partial charge in [0.1, 0.15) is 23.4 Å². The third kappa shape index (κ3) is 4.02. The molecular formula is C21H18FNO5S. The standard InChI is InChI=1S/C21H18FNO5S/c1-12-19-14(22)5-4-8-17(19)29-20(12)21(25)27-11-18(24)23-9-13-10-26-15-6-2-3-7-16(15)28-13/h2-8,13H,9-11H2,1H3,(H,23,24)/t13-/m0/s1. The van der Waals surface area contributed by atoms with Crippen LogP contribution in [0.4, 0.5) is 4.39 Å². The molecule has 8 heteroatoms. The average Bonchev–Trinajstić information content (AvgIpc) is 3.08. The van der Waals surface area contributed by atoms with Crippen LogP contribution in [0.15, 0.2) is 42.5 Å². The van der Waals surface area contributed by atoms with Crippen molar-refractivity contribution in [2.75, 3.05) is 19.8 Å². The molecule has 1 N–H and O–H groups in total. The molecule has 0 radical (unpaired) electrons. The lowest BCUT2D eigenvalue weighted by Crippen LogP contribution is -2.42. The summed E-state index contributed by atoms with van der Waals surface area (Å²) in [6, 6.07) is 12.0. The second-order valence-corrected chi connectivity index (χ2v) is 7.60. The fourth-order valence-corrected chi connectivity index (χ4v) is 4.20. The van der Waals surface area contributed by atoms with Crippen LogP contribution in [-0.4, -0.2) is 37.7 Å². The molecule has 4 rings (SSSR count). The number of hydrogen-bond donors (Lipinski definition) is 1. The number of thiophene rings is 1. The van der Waals surface area contributed by atoms with Gasteiger partial charge in [-0.25, -0.2) is 9.18 Å². The third-order valence-corrected chi connectivity index (χ3v) is 5.75. The molecule has 29 heavy (non-hydrogen) atoms. The maximum Gasteiger partial charge on any atom is 0.349 e. The Bertz CT molecular complexity index is 1080. The molecule has 1 aliphatic heterocycles. The summed E-state index contributed by atoms with van der Waals surface area (Å²) in [5, 5.41) is 3.07. The molecule has 0 bridgehead atoms. The summed E-state index contributed by atoms with van der Waals surface area (Å²) in [6.45, 7) is 1.76. The summed E-state index contributed by atoms with van der Waals surface area (Å²) in [4.78, 5) is 24.7. The van der Waals surface area contributed by atoms with Crippen molar-refractivity contribution < 1.29 is 28.2 Å². The smallest absolute Gasteiger partial charge is 0.349 e. The van der Waals surface area contributed by atoms with Crippen molar-refractivity contribution >= 4 is 33.3 Å². The van der Waals surface area contributed by atoms with E-state index in [9.17, 15) is 14.0 Å². The minimum absolute atomic E-state index is 0.220. The van der Waals surface area contributed by atoms with Gasteiger partial charge in [-0.15, -0.1) is 11.3 Å². The topological polar surface area (TPSA) is 73.9 Å². The van der Waals surface area contributed by atoms with Crippen LogP contribution in [0.3, 0.4) is 0 Å². The minimum atomic E-state index is -0.649. The number of fused-ring (bicyclic) bond motifs is 2. The quantitative estimate of drug-likeness (QED) is 0.646. The van der Waals surface area contributed by atoms with Crippen molar-refractivity contribution in [1.29, 1.82) is 0 Å². The largest absolute Gasteiger partial charge is 0.486 e. The van der Waals surface area contributed by atoms with E-state index in [0.29, 0.717) is 38.6 Å². The Morgan fingerprint density at radius 2 is 2.00 bits per heavy atom. The van der Waals surface area contributed by atoms with Gasteiger partial charge in [0, 0.05) is 10.1 Å². The highest BCUT2D eigenvalue weighted by Gasteiger charge is 2.22. The van der Waals surface area contributed by atoms with E-state index in [1.807, 2.05) is 18.2 Å². The molecule has 0 spiro atoms. The van der Waals surface area contributed by atoms with Crippen molar-refractivity contribution in [3.63, 3.8) is 0 Å². The molecule has 1 atom stereocenters. The number of aryl methyl sites for hydroxylation is 1. The number of carbonyl (C=O) groups excluding carboxylic acids is 2. The van der Waals surface area contributed by atoms with Crippen molar-refractivity contribution in [3.8, 4) is 11.5 Å². The first-order valence-corrected chi connectivity index (χ1v) is 9.84. The molecule has 2 heterocycles. The number of para-hydroxylation sites is 2. The molecule has 150 valence electrons. The Morgan fingerprint density at radius 1 is 1.21 bits per heavy atom. The molecule has 6 nitrogen and oxygen atoms in total. The van der Waals surface area contributed by atoms with Gasteiger partial charge >= 0.3 is 5.97 Å². The number of ether oxygens (including phenoxy) is 3. The number of halogens is 1. The number of nitrogens with one attached hydrogen (secondary N) is 1. The van der Waals surface area contributed by atoms with E-state index >= 15 is 0 Å². The van der Waals surface area contributed by atoms with Crippen LogP contribution in [0.25, 0.3) is 10.1 Å². The van der Waals surface area contributed by atoms with E-state index in [2.05, 4.69) is 5.32 Å². The van der Waals surface area contributed by atoms with E-state index < -0.39 is 18.5 Å². The lowest BCUT2D eigenvalue weighted by Gasteiger charge is -2.26. The summed E-state index contributed by atoms with van der Waals surface area (Å²) in [6.07, 6.45) is -0.336. The summed E-state index contributed by atoms with van der Waals surface area (Å²) < 4.78 is 31.1. The van der Waals surface area contributed by atoms with Crippen molar-refractivity contribution in [2.24, 2.45) is 0 Å². The zero-order chi connectivity index (χ0) is 20.4. The van der Waals surface area contributed by atoms with E-state index in [1.165, 1.54) is 6.07 Å². The first-order chi connectivity index (χ1) is 14.0. The van der Waals surface area contributed by atoms with E-state index in [0.717, 1.165) is 11.3 Å². The van der Waals surface area contributed by atoms with Gasteiger partial charge in [-0.1, -0.05) is 18.2 Å². The molecule has 1 aliphatic rings. The fourth-order valence-electron chi connectivity index (χ4n) is 3.09. The zero-order valence-electron chi connectivity index (χ0n) is 15.6. The second-order valence-electron chi connectivity index (χ2n) is 6.55. The third-order valence-electron chi connectivity index (χ3n) is 4.52. The van der Waals surface area contributed by atoms with Gasteiger partial charge < -0.3 is 19.5 Å². The van der Waals surface area contributed by atoms with Crippen LogP contribution in [0, 0.1) is 12.7 Å². The number of amides is 1.